The minimum Gasteiger partial charge on any atom is -0.497 e. The smallest absolute Gasteiger partial charge is 0.416 e. The van der Waals surface area contributed by atoms with Crippen LogP contribution in [0.3, 0.4) is 0 Å². The summed E-state index contributed by atoms with van der Waals surface area (Å²) in [5.74, 6) is -0.0844. The van der Waals surface area contributed by atoms with E-state index in [-0.39, 0.29) is 30.1 Å². The SMILES string of the molecule is COc1ccc(Cn2ccc(CC(=O)c3ccccc3Cl)n2)c(C(F)(F)F)c1. The molecule has 0 bridgehead atoms. The normalized spacial score (nSPS) is 11.5. The van der Waals surface area contributed by atoms with Crippen molar-refractivity contribution in [2.75, 3.05) is 7.11 Å². The third kappa shape index (κ3) is 4.54. The summed E-state index contributed by atoms with van der Waals surface area (Å²) in [7, 11) is 1.31. The molecule has 0 N–H and O–H groups in total. The van der Waals surface area contributed by atoms with E-state index in [4.69, 9.17) is 16.3 Å². The Balaban J connectivity index is 1.78. The van der Waals surface area contributed by atoms with Crippen LogP contribution in [0.15, 0.2) is 54.7 Å². The van der Waals surface area contributed by atoms with E-state index in [1.165, 1.54) is 23.9 Å². The number of halogens is 4. The van der Waals surface area contributed by atoms with E-state index < -0.39 is 11.7 Å². The molecule has 1 aromatic heterocycles. The van der Waals surface area contributed by atoms with E-state index in [1.807, 2.05) is 0 Å². The number of carbonyl (C=O) groups is 1. The summed E-state index contributed by atoms with van der Waals surface area (Å²) in [6.45, 7) is -0.0842. The molecule has 146 valence electrons. The van der Waals surface area contributed by atoms with Crippen LogP contribution in [0.4, 0.5) is 13.2 Å². The van der Waals surface area contributed by atoms with Crippen LogP contribution in [0.2, 0.25) is 5.02 Å². The summed E-state index contributed by atoms with van der Waals surface area (Å²) in [4.78, 5) is 12.4. The van der Waals surface area contributed by atoms with Gasteiger partial charge in [0.05, 0.1) is 36.4 Å². The second-order valence-electron chi connectivity index (χ2n) is 6.11. The first kappa shape index (κ1) is 19.9. The highest BCUT2D eigenvalue weighted by Gasteiger charge is 2.33. The van der Waals surface area contributed by atoms with Gasteiger partial charge in [0.2, 0.25) is 0 Å². The highest BCUT2D eigenvalue weighted by molar-refractivity contribution is 6.34. The van der Waals surface area contributed by atoms with Crippen LogP contribution in [0.5, 0.6) is 5.75 Å². The fourth-order valence-electron chi connectivity index (χ4n) is 2.79. The fourth-order valence-corrected chi connectivity index (χ4v) is 3.03. The number of rotatable bonds is 6. The van der Waals surface area contributed by atoms with Gasteiger partial charge in [-0.15, -0.1) is 0 Å². The van der Waals surface area contributed by atoms with Gasteiger partial charge in [0, 0.05) is 11.8 Å². The second kappa shape index (κ2) is 8.06. The van der Waals surface area contributed by atoms with Crippen LogP contribution in [-0.2, 0) is 19.1 Å². The molecule has 2 aromatic carbocycles. The quantitative estimate of drug-likeness (QED) is 0.537. The van der Waals surface area contributed by atoms with Gasteiger partial charge >= 0.3 is 6.18 Å². The van der Waals surface area contributed by atoms with Crippen molar-refractivity contribution in [3.63, 3.8) is 0 Å². The third-order valence-electron chi connectivity index (χ3n) is 4.17. The van der Waals surface area contributed by atoms with Crippen LogP contribution in [0.1, 0.15) is 27.2 Å². The minimum absolute atomic E-state index is 0.00543. The van der Waals surface area contributed by atoms with E-state index in [0.29, 0.717) is 16.3 Å². The van der Waals surface area contributed by atoms with Crippen LogP contribution < -0.4 is 4.74 Å². The topological polar surface area (TPSA) is 44.1 Å². The van der Waals surface area contributed by atoms with E-state index in [9.17, 15) is 18.0 Å². The second-order valence-corrected chi connectivity index (χ2v) is 6.51. The van der Waals surface area contributed by atoms with Gasteiger partial charge in [-0.2, -0.15) is 18.3 Å². The maximum atomic E-state index is 13.3. The van der Waals surface area contributed by atoms with E-state index in [0.717, 1.165) is 6.07 Å². The predicted molar refractivity (Wildman–Crippen MR) is 98.8 cm³/mol. The Morgan fingerprint density at radius 1 is 1.18 bits per heavy atom. The molecule has 0 saturated heterocycles. The van der Waals surface area contributed by atoms with Gasteiger partial charge in [0.1, 0.15) is 5.75 Å². The van der Waals surface area contributed by atoms with Crippen molar-refractivity contribution in [1.29, 1.82) is 0 Å². The molecule has 0 amide bonds. The van der Waals surface area contributed by atoms with Crippen LogP contribution >= 0.6 is 11.6 Å². The fraction of sp³-hybridized carbons (Fsp3) is 0.200. The molecule has 4 nitrogen and oxygen atoms in total. The van der Waals surface area contributed by atoms with Crippen molar-refractivity contribution in [3.8, 4) is 5.75 Å². The van der Waals surface area contributed by atoms with Gasteiger partial charge in [-0.25, -0.2) is 0 Å². The lowest BCUT2D eigenvalue weighted by molar-refractivity contribution is -0.138. The predicted octanol–water partition coefficient (Wildman–Crippen LogP) is 5.04. The number of hydrogen-bond donors (Lipinski definition) is 0. The lowest BCUT2D eigenvalue weighted by Crippen LogP contribution is -2.13. The zero-order valence-electron chi connectivity index (χ0n) is 14.8. The van der Waals surface area contributed by atoms with Gasteiger partial charge in [-0.1, -0.05) is 29.8 Å². The zero-order valence-corrected chi connectivity index (χ0v) is 15.6. The minimum atomic E-state index is -4.51. The van der Waals surface area contributed by atoms with Crippen LogP contribution in [0, 0.1) is 0 Å². The lowest BCUT2D eigenvalue weighted by atomic mass is 10.1. The number of methoxy groups -OCH3 is 1. The van der Waals surface area contributed by atoms with Crippen molar-refractivity contribution in [2.24, 2.45) is 0 Å². The van der Waals surface area contributed by atoms with Crippen molar-refractivity contribution >= 4 is 17.4 Å². The van der Waals surface area contributed by atoms with E-state index in [2.05, 4.69) is 5.10 Å². The van der Waals surface area contributed by atoms with Crippen molar-refractivity contribution in [2.45, 2.75) is 19.1 Å². The molecule has 0 unspecified atom stereocenters. The van der Waals surface area contributed by atoms with E-state index in [1.54, 1.807) is 36.5 Å². The number of ketones is 1. The molecule has 0 atom stereocenters. The maximum absolute atomic E-state index is 13.3. The summed E-state index contributed by atoms with van der Waals surface area (Å²) in [6.07, 6.45) is -2.97. The molecule has 8 heteroatoms. The molecule has 1 heterocycles. The van der Waals surface area contributed by atoms with Crippen molar-refractivity contribution in [1.82, 2.24) is 9.78 Å². The lowest BCUT2D eigenvalue weighted by Gasteiger charge is -2.14. The number of ether oxygens (including phenoxy) is 1. The van der Waals surface area contributed by atoms with Crippen molar-refractivity contribution < 1.29 is 22.7 Å². The molecular weight excluding hydrogens is 393 g/mol. The highest BCUT2D eigenvalue weighted by atomic mass is 35.5. The number of alkyl halides is 3. The van der Waals surface area contributed by atoms with Gasteiger partial charge in [-0.05, 0) is 35.9 Å². The third-order valence-corrected chi connectivity index (χ3v) is 4.50. The largest absolute Gasteiger partial charge is 0.497 e. The van der Waals surface area contributed by atoms with Gasteiger partial charge < -0.3 is 4.74 Å². The van der Waals surface area contributed by atoms with E-state index >= 15 is 0 Å². The summed E-state index contributed by atoms with van der Waals surface area (Å²) >= 11 is 6.02. The van der Waals surface area contributed by atoms with Gasteiger partial charge in [-0.3, -0.25) is 9.48 Å². The Kier molecular flexibility index (Phi) is 5.74. The Hall–Kier alpha value is -2.80. The average molecular weight is 409 g/mol. The number of Topliss-reactive ketones (excluding diaryl/α,β-unsaturated/α-hetero) is 1. The number of aromatic nitrogens is 2. The summed E-state index contributed by atoms with van der Waals surface area (Å²) < 4.78 is 46.2. The Morgan fingerprint density at radius 3 is 2.61 bits per heavy atom. The number of carbonyl (C=O) groups excluding carboxylic acids is 1. The Morgan fingerprint density at radius 2 is 1.93 bits per heavy atom. The molecule has 0 radical (unpaired) electrons. The first-order valence-corrected chi connectivity index (χ1v) is 8.70. The molecule has 0 aliphatic heterocycles. The summed E-state index contributed by atoms with van der Waals surface area (Å²) in [6, 6.07) is 12.1. The molecular formula is C20H16ClF3N2O2. The van der Waals surface area contributed by atoms with Gasteiger partial charge in [0.25, 0.3) is 0 Å². The molecule has 0 fully saturated rings. The van der Waals surface area contributed by atoms with Gasteiger partial charge in [0.15, 0.2) is 5.78 Å². The molecule has 0 spiro atoms. The first-order chi connectivity index (χ1) is 13.3. The average Bonchev–Trinajstić information content (AvgIpc) is 3.08. The molecule has 3 aromatic rings. The standard InChI is InChI=1S/C20H16ClF3N2O2/c1-28-15-7-6-13(17(11-15)20(22,23)24)12-26-9-8-14(25-26)10-19(27)16-4-2-3-5-18(16)21/h2-9,11H,10,12H2,1H3. The van der Waals surface area contributed by atoms with Crippen LogP contribution in [0.25, 0.3) is 0 Å². The zero-order chi connectivity index (χ0) is 20.3. The molecule has 0 saturated carbocycles. The number of benzene rings is 2. The molecule has 28 heavy (non-hydrogen) atoms. The summed E-state index contributed by atoms with van der Waals surface area (Å²) in [5, 5.41) is 4.57. The molecule has 3 rings (SSSR count). The first-order valence-electron chi connectivity index (χ1n) is 8.32. The Bertz CT molecular complexity index is 999. The van der Waals surface area contributed by atoms with Crippen LogP contribution in [-0.4, -0.2) is 22.7 Å². The monoisotopic (exact) mass is 408 g/mol. The maximum Gasteiger partial charge on any atom is 0.416 e. The highest BCUT2D eigenvalue weighted by Crippen LogP contribution is 2.34. The Labute approximate surface area is 164 Å². The number of hydrogen-bond acceptors (Lipinski definition) is 3. The number of nitrogens with zero attached hydrogens (tertiary/aromatic N) is 2. The molecule has 0 aliphatic carbocycles. The molecule has 0 aliphatic rings. The summed E-state index contributed by atoms with van der Waals surface area (Å²) in [5.41, 5.74) is 0.108. The van der Waals surface area contributed by atoms with Crippen molar-refractivity contribution in [3.05, 3.63) is 82.1 Å².